The van der Waals surface area contributed by atoms with Crippen molar-refractivity contribution < 1.29 is 0 Å². The summed E-state index contributed by atoms with van der Waals surface area (Å²) in [5, 5.41) is 13.3. The topological polar surface area (TPSA) is 35.1 Å². The van der Waals surface area contributed by atoms with Crippen LogP contribution in [0, 0.1) is 0 Å². The number of hydrogen-bond acceptors (Lipinski definition) is 3. The number of rotatable bonds is 3. The van der Waals surface area contributed by atoms with E-state index in [1.54, 1.807) is 0 Å². The molecule has 0 aliphatic heterocycles. The highest BCUT2D eigenvalue weighted by Crippen LogP contribution is 2.49. The van der Waals surface area contributed by atoms with Gasteiger partial charge in [0.15, 0.2) is 0 Å². The number of fused-ring (bicyclic) bond motifs is 12. The van der Waals surface area contributed by atoms with Crippen LogP contribution in [0.25, 0.3) is 130 Å². The van der Waals surface area contributed by atoms with Crippen LogP contribution >= 0.6 is 11.3 Å². The molecule has 0 aliphatic rings. The van der Waals surface area contributed by atoms with E-state index >= 15 is 0 Å². The molecule has 272 valence electrons. The second kappa shape index (κ2) is 11.5. The minimum Gasteiger partial charge on any atom is -0.308 e. The maximum absolute atomic E-state index is 5.69. The van der Waals surface area contributed by atoms with Gasteiger partial charge in [-0.05, 0) is 64.4 Å². The van der Waals surface area contributed by atoms with Gasteiger partial charge in [0, 0.05) is 58.7 Å². The van der Waals surface area contributed by atoms with Gasteiger partial charge >= 0.3 is 0 Å². The van der Waals surface area contributed by atoms with E-state index in [9.17, 15) is 0 Å². The van der Waals surface area contributed by atoms with Crippen molar-refractivity contribution >= 4 is 113 Å². The Balaban J connectivity index is 1.22. The summed E-state index contributed by atoms with van der Waals surface area (Å²) in [5.41, 5.74) is 11.1. The van der Waals surface area contributed by atoms with Crippen LogP contribution in [0.1, 0.15) is 0 Å². The van der Waals surface area contributed by atoms with E-state index in [-0.39, 0.29) is 0 Å². The standard InChI is InChI=1S/C54H30N4S/c1-2-13-31(14-3-1)33-16-10-17-34(29-33)49-40-28-27-32-15-4-5-18-35(32)50(40)56-54(55-49)58-45-25-12-24-44-48(45)47-41(30-42-37-20-7-9-26-46(37)59-53(42)52(47)58)39-22-11-21-38-36-19-6-8-23-43(36)57(44)51(38)39/h1-30H. The van der Waals surface area contributed by atoms with Gasteiger partial charge < -0.3 is 4.40 Å². The molecule has 0 spiro atoms. The number of aromatic nitrogens is 4. The molecule has 0 fully saturated rings. The van der Waals surface area contributed by atoms with Gasteiger partial charge in [0.1, 0.15) is 0 Å². The molecule has 0 bridgehead atoms. The number of benzene rings is 9. The normalized spacial score (nSPS) is 12.4. The van der Waals surface area contributed by atoms with Crippen LogP contribution in [0.4, 0.5) is 0 Å². The quantitative estimate of drug-likeness (QED) is 0.168. The Bertz CT molecular complexity index is 4080. The monoisotopic (exact) mass is 766 g/mol. The van der Waals surface area contributed by atoms with E-state index in [4.69, 9.17) is 9.97 Å². The van der Waals surface area contributed by atoms with Crippen molar-refractivity contribution in [3.05, 3.63) is 182 Å². The van der Waals surface area contributed by atoms with Gasteiger partial charge in [-0.2, -0.15) is 0 Å². The summed E-state index contributed by atoms with van der Waals surface area (Å²) in [5.74, 6) is 0.665. The summed E-state index contributed by atoms with van der Waals surface area (Å²) < 4.78 is 7.40. The van der Waals surface area contributed by atoms with Crippen LogP contribution in [0.3, 0.4) is 0 Å². The maximum atomic E-state index is 5.69. The van der Waals surface area contributed by atoms with Crippen molar-refractivity contribution in [3.8, 4) is 28.3 Å². The van der Waals surface area contributed by atoms with Crippen LogP contribution < -0.4 is 0 Å². The maximum Gasteiger partial charge on any atom is 0.235 e. The average Bonchev–Trinajstić information content (AvgIpc) is 3.94. The van der Waals surface area contributed by atoms with Crippen molar-refractivity contribution in [2.75, 3.05) is 0 Å². The van der Waals surface area contributed by atoms with E-state index in [1.807, 2.05) is 11.3 Å². The third-order valence-electron chi connectivity index (χ3n) is 12.6. The zero-order valence-electron chi connectivity index (χ0n) is 31.5. The van der Waals surface area contributed by atoms with Crippen molar-refractivity contribution in [2.24, 2.45) is 0 Å². The number of thiophene rings is 1. The Hall–Kier alpha value is -7.60. The molecule has 0 unspecified atom stereocenters. The first-order valence-corrected chi connectivity index (χ1v) is 20.9. The summed E-state index contributed by atoms with van der Waals surface area (Å²) in [6, 6.07) is 66.2. The summed E-state index contributed by atoms with van der Waals surface area (Å²) in [6.07, 6.45) is 0. The van der Waals surface area contributed by atoms with Crippen molar-refractivity contribution in [3.63, 3.8) is 0 Å². The lowest BCUT2D eigenvalue weighted by molar-refractivity contribution is 1.02. The van der Waals surface area contributed by atoms with E-state index in [0.29, 0.717) is 5.95 Å². The lowest BCUT2D eigenvalue weighted by Gasteiger charge is -2.14. The van der Waals surface area contributed by atoms with Crippen molar-refractivity contribution in [1.82, 2.24) is 18.9 Å². The molecule has 0 radical (unpaired) electrons. The van der Waals surface area contributed by atoms with Gasteiger partial charge in [-0.1, -0.05) is 140 Å². The van der Waals surface area contributed by atoms with Crippen LogP contribution in [0.2, 0.25) is 0 Å². The summed E-state index contributed by atoms with van der Waals surface area (Å²) >= 11 is 1.86. The van der Waals surface area contributed by atoms with Crippen molar-refractivity contribution in [1.29, 1.82) is 0 Å². The average molecular weight is 767 g/mol. The largest absolute Gasteiger partial charge is 0.308 e. The third-order valence-corrected chi connectivity index (χ3v) is 13.8. The highest BCUT2D eigenvalue weighted by Gasteiger charge is 2.27. The fourth-order valence-corrected chi connectivity index (χ4v) is 11.4. The molecule has 4 nitrogen and oxygen atoms in total. The first-order valence-electron chi connectivity index (χ1n) is 20.1. The smallest absolute Gasteiger partial charge is 0.235 e. The third kappa shape index (κ3) is 4.16. The molecule has 0 saturated carbocycles. The number of nitrogens with zero attached hydrogens (tertiary/aromatic N) is 4. The van der Waals surface area contributed by atoms with Gasteiger partial charge in [0.2, 0.25) is 5.95 Å². The van der Waals surface area contributed by atoms with Crippen LogP contribution in [0.5, 0.6) is 0 Å². The molecule has 9 aromatic carbocycles. The fraction of sp³-hybridized carbons (Fsp3) is 0. The fourth-order valence-electron chi connectivity index (χ4n) is 10.1. The van der Waals surface area contributed by atoms with E-state index in [0.717, 1.165) is 49.5 Å². The molecule has 0 amide bonds. The number of hydrogen-bond donors (Lipinski definition) is 0. The zero-order chi connectivity index (χ0) is 38.3. The predicted molar refractivity (Wildman–Crippen MR) is 250 cm³/mol. The molecule has 5 heteroatoms. The van der Waals surface area contributed by atoms with Gasteiger partial charge in [-0.25, -0.2) is 9.97 Å². The molecule has 0 atom stereocenters. The minimum absolute atomic E-state index is 0.665. The lowest BCUT2D eigenvalue weighted by Crippen LogP contribution is -2.04. The predicted octanol–water partition coefficient (Wildman–Crippen LogP) is 14.7. The Labute approximate surface area is 340 Å². The molecular formula is C54H30N4S. The van der Waals surface area contributed by atoms with Crippen LogP contribution in [-0.2, 0) is 0 Å². The summed E-state index contributed by atoms with van der Waals surface area (Å²) in [6.45, 7) is 0. The molecule has 59 heavy (non-hydrogen) atoms. The zero-order valence-corrected chi connectivity index (χ0v) is 32.3. The molecule has 0 N–H and O–H groups in total. The van der Waals surface area contributed by atoms with E-state index < -0.39 is 0 Å². The molecule has 14 aromatic rings. The second-order valence-electron chi connectivity index (χ2n) is 15.7. The highest BCUT2D eigenvalue weighted by atomic mass is 32.1. The first-order chi connectivity index (χ1) is 29.3. The molecule has 5 heterocycles. The Kier molecular flexibility index (Phi) is 6.14. The van der Waals surface area contributed by atoms with E-state index in [1.165, 1.54) is 74.6 Å². The Morgan fingerprint density at radius 2 is 1.07 bits per heavy atom. The summed E-state index contributed by atoms with van der Waals surface area (Å²) in [7, 11) is 0. The van der Waals surface area contributed by atoms with Crippen LogP contribution in [0.15, 0.2) is 182 Å². The van der Waals surface area contributed by atoms with Gasteiger partial charge in [0.05, 0.1) is 43.5 Å². The number of para-hydroxylation sites is 2. The van der Waals surface area contributed by atoms with Gasteiger partial charge in [0.25, 0.3) is 0 Å². The van der Waals surface area contributed by atoms with Crippen LogP contribution in [-0.4, -0.2) is 18.9 Å². The molecule has 5 aromatic heterocycles. The van der Waals surface area contributed by atoms with Gasteiger partial charge in [-0.3, -0.25) is 4.57 Å². The molecular weight excluding hydrogens is 737 g/mol. The minimum atomic E-state index is 0.665. The highest BCUT2D eigenvalue weighted by molar-refractivity contribution is 7.26. The molecule has 14 rings (SSSR count). The van der Waals surface area contributed by atoms with Crippen molar-refractivity contribution in [2.45, 2.75) is 0 Å². The molecule has 0 saturated heterocycles. The second-order valence-corrected chi connectivity index (χ2v) is 16.7. The van der Waals surface area contributed by atoms with E-state index in [2.05, 4.69) is 191 Å². The first kappa shape index (κ1) is 31.5. The Morgan fingerprint density at radius 3 is 1.98 bits per heavy atom. The summed E-state index contributed by atoms with van der Waals surface area (Å²) in [4.78, 5) is 11.3. The Morgan fingerprint density at radius 1 is 0.390 bits per heavy atom. The van der Waals surface area contributed by atoms with Gasteiger partial charge in [-0.15, -0.1) is 11.3 Å². The SMILES string of the molecule is c1ccc(-c2cccc(-c3nc(-n4c5cccc6c5c5c(cc7c8ccccc8sc7c54)c4cccc5c7ccccc7n6c45)nc4c3ccc3ccccc34)c2)cc1. The molecule has 0 aliphatic carbocycles. The lowest BCUT2D eigenvalue weighted by atomic mass is 9.98.